The molecule has 0 spiro atoms. The molecule has 184 valence electrons. The number of unbranched alkanes of at least 4 members (excludes halogenated alkanes) is 7. The molecule has 6 nitrogen and oxygen atoms in total. The van der Waals surface area contributed by atoms with Gasteiger partial charge in [0.25, 0.3) is 0 Å². The molecule has 1 fully saturated rings. The van der Waals surface area contributed by atoms with Gasteiger partial charge in [-0.2, -0.15) is 0 Å². The second kappa shape index (κ2) is 15.9. The van der Waals surface area contributed by atoms with E-state index in [1.54, 1.807) is 0 Å². The molecule has 0 amide bonds. The van der Waals surface area contributed by atoms with Crippen LogP contribution in [0.25, 0.3) is 0 Å². The Hall–Kier alpha value is -1.85. The molecule has 0 heterocycles. The molecule has 1 saturated carbocycles. The summed E-state index contributed by atoms with van der Waals surface area (Å²) in [5.74, 6) is -1.62. The normalized spacial score (nSPS) is 20.6. The van der Waals surface area contributed by atoms with Crippen LogP contribution in [-0.2, 0) is 28.6 Å². The van der Waals surface area contributed by atoms with Gasteiger partial charge in [-0.05, 0) is 38.0 Å². The summed E-state index contributed by atoms with van der Waals surface area (Å²) in [6.45, 7) is 10.4. The lowest BCUT2D eigenvalue weighted by Gasteiger charge is -2.37. The zero-order valence-electron chi connectivity index (χ0n) is 20.5. The predicted octanol–water partition coefficient (Wildman–Crippen LogP) is 5.92. The van der Waals surface area contributed by atoms with Gasteiger partial charge in [0.15, 0.2) is 0 Å². The number of hydrogen-bond donors (Lipinski definition) is 0. The van der Waals surface area contributed by atoms with Crippen molar-refractivity contribution in [3.05, 3.63) is 12.7 Å². The lowest BCUT2D eigenvalue weighted by atomic mass is 9.77. The minimum Gasteiger partial charge on any atom is -0.465 e. The van der Waals surface area contributed by atoms with E-state index < -0.39 is 23.5 Å². The van der Waals surface area contributed by atoms with Gasteiger partial charge in [0, 0.05) is 12.5 Å². The van der Waals surface area contributed by atoms with E-state index in [2.05, 4.69) is 27.4 Å². The van der Waals surface area contributed by atoms with Crippen molar-refractivity contribution < 1.29 is 28.6 Å². The molecule has 0 N–H and O–H groups in total. The first-order chi connectivity index (χ1) is 15.3. The number of rotatable bonds is 16. The van der Waals surface area contributed by atoms with Crippen LogP contribution in [0.5, 0.6) is 0 Å². The second-order valence-corrected chi connectivity index (χ2v) is 9.37. The lowest BCUT2D eigenvalue weighted by Crippen LogP contribution is -2.49. The molecule has 1 rings (SSSR count). The molecule has 1 aliphatic carbocycles. The van der Waals surface area contributed by atoms with Gasteiger partial charge in [0.1, 0.15) is 0 Å². The monoisotopic (exact) mass is 452 g/mol. The Labute approximate surface area is 194 Å². The molecule has 0 bridgehead atoms. The van der Waals surface area contributed by atoms with Gasteiger partial charge in [0.05, 0.1) is 19.1 Å². The van der Waals surface area contributed by atoms with Crippen LogP contribution in [0.3, 0.4) is 0 Å². The maximum Gasteiger partial charge on any atom is 0.350 e. The van der Waals surface area contributed by atoms with Gasteiger partial charge in [-0.1, -0.05) is 72.3 Å². The largest absolute Gasteiger partial charge is 0.465 e. The zero-order valence-corrected chi connectivity index (χ0v) is 20.5. The Morgan fingerprint density at radius 1 is 1.00 bits per heavy atom. The summed E-state index contributed by atoms with van der Waals surface area (Å²) in [5.41, 5.74) is -1.44. The molecular weight excluding hydrogens is 408 g/mol. The van der Waals surface area contributed by atoms with Crippen molar-refractivity contribution in [2.45, 2.75) is 110 Å². The van der Waals surface area contributed by atoms with Gasteiger partial charge in [-0.25, -0.2) is 9.59 Å². The fraction of sp³-hybridized carbons (Fsp3) is 0.808. The maximum atomic E-state index is 13.0. The molecule has 6 heteroatoms. The van der Waals surface area contributed by atoms with Gasteiger partial charge < -0.3 is 14.2 Å². The topological polar surface area (TPSA) is 78.9 Å². The quantitative estimate of drug-likeness (QED) is 0.125. The highest BCUT2D eigenvalue weighted by Gasteiger charge is 2.49. The van der Waals surface area contributed by atoms with Crippen LogP contribution in [0.4, 0.5) is 0 Å². The van der Waals surface area contributed by atoms with Gasteiger partial charge >= 0.3 is 17.9 Å². The van der Waals surface area contributed by atoms with Crippen molar-refractivity contribution in [2.75, 3.05) is 13.2 Å². The van der Waals surface area contributed by atoms with Crippen LogP contribution in [-0.4, -0.2) is 36.7 Å². The van der Waals surface area contributed by atoms with E-state index >= 15 is 0 Å². The highest BCUT2D eigenvalue weighted by atomic mass is 16.6. The summed E-state index contributed by atoms with van der Waals surface area (Å²) in [6.07, 6.45) is 12.6. The van der Waals surface area contributed by atoms with E-state index in [0.29, 0.717) is 38.4 Å². The van der Waals surface area contributed by atoms with E-state index in [1.807, 2.05) is 0 Å². The number of carbonyl (C=O) groups excluding carboxylic acids is 3. The van der Waals surface area contributed by atoms with E-state index in [4.69, 9.17) is 14.2 Å². The van der Waals surface area contributed by atoms with E-state index in [1.165, 1.54) is 32.1 Å². The first-order valence-electron chi connectivity index (χ1n) is 12.5. The molecule has 1 aliphatic rings. The third kappa shape index (κ3) is 10.6. The Balaban J connectivity index is 2.57. The van der Waals surface area contributed by atoms with Crippen molar-refractivity contribution in [1.82, 2.24) is 0 Å². The van der Waals surface area contributed by atoms with Crippen LogP contribution in [0, 0.1) is 11.8 Å². The Morgan fingerprint density at radius 3 is 2.28 bits per heavy atom. The average Bonchev–Trinajstić information content (AvgIpc) is 2.77. The van der Waals surface area contributed by atoms with Crippen molar-refractivity contribution >= 4 is 17.9 Å². The molecule has 0 aliphatic heterocycles. The third-order valence-corrected chi connectivity index (χ3v) is 6.05. The SMILES string of the molecule is C=CC(=O)OC1(C(=O)OCCCCCCCCCC)CCCC(C(=O)OCCC(C)C)C1. The minimum absolute atomic E-state index is 0.101. The van der Waals surface area contributed by atoms with Crippen molar-refractivity contribution in [1.29, 1.82) is 0 Å². The smallest absolute Gasteiger partial charge is 0.350 e. The van der Waals surface area contributed by atoms with Crippen molar-refractivity contribution in [2.24, 2.45) is 11.8 Å². The van der Waals surface area contributed by atoms with Crippen LogP contribution < -0.4 is 0 Å². The third-order valence-electron chi connectivity index (χ3n) is 6.05. The first-order valence-corrected chi connectivity index (χ1v) is 12.5. The summed E-state index contributed by atoms with van der Waals surface area (Å²) in [6, 6.07) is 0. The summed E-state index contributed by atoms with van der Waals surface area (Å²) in [7, 11) is 0. The van der Waals surface area contributed by atoms with Crippen LogP contribution in [0.1, 0.15) is 104 Å². The summed E-state index contributed by atoms with van der Waals surface area (Å²) in [5, 5.41) is 0. The molecule has 2 unspecified atom stereocenters. The molecule has 32 heavy (non-hydrogen) atoms. The molecule has 0 saturated heterocycles. The van der Waals surface area contributed by atoms with Crippen molar-refractivity contribution in [3.8, 4) is 0 Å². The molecular formula is C26H44O6. The Morgan fingerprint density at radius 2 is 1.66 bits per heavy atom. The number of hydrogen-bond acceptors (Lipinski definition) is 6. The zero-order chi connectivity index (χ0) is 23.8. The van der Waals surface area contributed by atoms with Crippen LogP contribution in [0.15, 0.2) is 12.7 Å². The van der Waals surface area contributed by atoms with E-state index in [-0.39, 0.29) is 12.4 Å². The van der Waals surface area contributed by atoms with Crippen molar-refractivity contribution in [3.63, 3.8) is 0 Å². The molecule has 0 aromatic rings. The molecule has 0 radical (unpaired) electrons. The van der Waals surface area contributed by atoms with Crippen LogP contribution in [0.2, 0.25) is 0 Å². The fourth-order valence-electron chi connectivity index (χ4n) is 4.04. The number of ether oxygens (including phenoxy) is 3. The summed E-state index contributed by atoms with van der Waals surface area (Å²) >= 11 is 0. The fourth-order valence-corrected chi connectivity index (χ4v) is 4.04. The minimum atomic E-state index is -1.44. The molecule has 0 aromatic carbocycles. The standard InChI is InChI=1S/C26H44O6/c1-5-7-8-9-10-11-12-13-18-31-25(29)26(32-23(27)6-2)17-14-15-22(20-26)24(28)30-19-16-21(3)4/h6,21-22H,2,5,7-20H2,1,3-4H3. The highest BCUT2D eigenvalue weighted by Crippen LogP contribution is 2.37. The summed E-state index contributed by atoms with van der Waals surface area (Å²) in [4.78, 5) is 37.5. The number of carbonyl (C=O) groups is 3. The number of esters is 3. The molecule has 2 atom stereocenters. The van der Waals surface area contributed by atoms with Crippen LogP contribution >= 0.6 is 0 Å². The Kier molecular flexibility index (Phi) is 14.0. The predicted molar refractivity (Wildman–Crippen MR) is 125 cm³/mol. The average molecular weight is 453 g/mol. The molecule has 0 aromatic heterocycles. The second-order valence-electron chi connectivity index (χ2n) is 9.37. The maximum absolute atomic E-state index is 13.0. The van der Waals surface area contributed by atoms with E-state index in [9.17, 15) is 14.4 Å². The first kappa shape index (κ1) is 28.2. The van der Waals surface area contributed by atoms with Gasteiger partial charge in [0.2, 0.25) is 5.60 Å². The Bertz CT molecular complexity index is 585. The van der Waals surface area contributed by atoms with Gasteiger partial charge in [-0.15, -0.1) is 0 Å². The highest BCUT2D eigenvalue weighted by molar-refractivity contribution is 5.88. The van der Waals surface area contributed by atoms with E-state index in [0.717, 1.165) is 31.8 Å². The van der Waals surface area contributed by atoms with Gasteiger partial charge in [-0.3, -0.25) is 4.79 Å². The summed E-state index contributed by atoms with van der Waals surface area (Å²) < 4.78 is 16.4. The lowest BCUT2D eigenvalue weighted by molar-refractivity contribution is -0.188.